The van der Waals surface area contributed by atoms with Crippen LogP contribution in [0.15, 0.2) is 84.0 Å². The van der Waals surface area contributed by atoms with Gasteiger partial charge >= 0.3 is 0 Å². The van der Waals surface area contributed by atoms with Crippen molar-refractivity contribution in [1.29, 1.82) is 0 Å². The minimum absolute atomic E-state index is 0.00452. The molecule has 6 heteroatoms. The smallest absolute Gasteiger partial charge is 0.261 e. The van der Waals surface area contributed by atoms with Crippen molar-refractivity contribution in [3.05, 3.63) is 84.0 Å². The molecular weight excluding hydrogens is 577 g/mol. The highest BCUT2D eigenvalue weighted by molar-refractivity contribution is 6.99. The van der Waals surface area contributed by atoms with Gasteiger partial charge in [0.05, 0.1) is 25.4 Å². The Bertz CT molecular complexity index is 1190. The molecule has 244 valence electrons. The van der Waals surface area contributed by atoms with Crippen LogP contribution in [-0.2, 0) is 13.6 Å². The van der Waals surface area contributed by atoms with Gasteiger partial charge in [-0.2, -0.15) is 0 Å². The average molecular weight is 637 g/mol. The first-order valence-corrected chi connectivity index (χ1v) is 21.4. The molecule has 2 aromatic carbocycles. The van der Waals surface area contributed by atoms with E-state index in [4.69, 9.17) is 13.6 Å². The summed E-state index contributed by atoms with van der Waals surface area (Å²) < 4.78 is 20.2. The zero-order chi connectivity index (χ0) is 32.8. The lowest BCUT2D eigenvalue weighted by molar-refractivity contribution is -0.152. The molecule has 0 aromatic heterocycles. The van der Waals surface area contributed by atoms with Crippen LogP contribution in [0.25, 0.3) is 0 Å². The Morgan fingerprint density at radius 2 is 1.36 bits per heavy atom. The summed E-state index contributed by atoms with van der Waals surface area (Å²) >= 11 is 0. The summed E-state index contributed by atoms with van der Waals surface area (Å²) in [6.45, 7) is 25.5. The van der Waals surface area contributed by atoms with Crippen LogP contribution in [0.2, 0.25) is 23.2 Å². The lowest BCUT2D eigenvalue weighted by atomic mass is 9.88. The van der Waals surface area contributed by atoms with E-state index in [-0.39, 0.29) is 35.0 Å². The van der Waals surface area contributed by atoms with Crippen LogP contribution in [0.3, 0.4) is 0 Å². The van der Waals surface area contributed by atoms with Gasteiger partial charge in [-0.25, -0.2) is 0 Å². The fourth-order valence-corrected chi connectivity index (χ4v) is 12.0. The minimum Gasteiger partial charge on any atom is -0.411 e. The number of hydrogen-bond acceptors (Lipinski definition) is 4. The van der Waals surface area contributed by atoms with Crippen LogP contribution in [0.1, 0.15) is 81.6 Å². The van der Waals surface area contributed by atoms with Crippen molar-refractivity contribution in [3.63, 3.8) is 0 Å². The van der Waals surface area contributed by atoms with E-state index in [2.05, 4.69) is 148 Å². The summed E-state index contributed by atoms with van der Waals surface area (Å²) in [6, 6.07) is 21.6. The Labute approximate surface area is 271 Å². The van der Waals surface area contributed by atoms with Crippen molar-refractivity contribution in [2.75, 3.05) is 13.2 Å². The molecule has 0 spiro atoms. The molecule has 1 aliphatic heterocycles. The van der Waals surface area contributed by atoms with E-state index in [1.807, 2.05) is 0 Å². The van der Waals surface area contributed by atoms with Gasteiger partial charge in [-0.15, -0.1) is 0 Å². The fraction of sp³-hybridized carbons (Fsp3) is 0.579. The summed E-state index contributed by atoms with van der Waals surface area (Å²) in [5, 5.41) is 12.9. The molecule has 4 nitrogen and oxygen atoms in total. The maximum atomic E-state index is 10.2. The van der Waals surface area contributed by atoms with Crippen molar-refractivity contribution in [2.45, 2.75) is 123 Å². The van der Waals surface area contributed by atoms with Crippen LogP contribution in [0.5, 0.6) is 0 Å². The Kier molecular flexibility index (Phi) is 12.7. The molecule has 2 aromatic rings. The second-order valence-electron chi connectivity index (χ2n) is 15.4. The summed E-state index contributed by atoms with van der Waals surface area (Å²) in [6.07, 6.45) is 7.22. The average Bonchev–Trinajstić information content (AvgIpc) is 2.95. The van der Waals surface area contributed by atoms with E-state index in [0.717, 1.165) is 19.3 Å². The quantitative estimate of drug-likeness (QED) is 0.188. The predicted molar refractivity (Wildman–Crippen MR) is 192 cm³/mol. The molecule has 1 aliphatic rings. The van der Waals surface area contributed by atoms with Gasteiger partial charge in [0.15, 0.2) is 8.32 Å². The Morgan fingerprint density at radius 1 is 0.841 bits per heavy atom. The van der Waals surface area contributed by atoms with Crippen LogP contribution in [0, 0.1) is 5.92 Å². The largest absolute Gasteiger partial charge is 0.411 e. The highest BCUT2D eigenvalue weighted by Gasteiger charge is 2.50. The first kappa shape index (κ1) is 36.7. The second-order valence-corrected chi connectivity index (χ2v) is 24.4. The fourth-order valence-electron chi connectivity index (χ4n) is 6.15. The van der Waals surface area contributed by atoms with E-state index < -0.39 is 16.6 Å². The standard InChI is InChI=1S/C38H60O4Si2/c1-29(19-18-24-34-31(3)27-35(36(28-39)41-34)42-43(10,11)37(4,5)6)30(2)25-26-40-44(38(7,8)9,32-20-14-12-15-21-32)33-22-16-13-17-23-33/h12-17,19-23,25,31,34-36,39H,18,24,26-28H2,1-11H3/b29-19+,30-25+/t31-,34-,35-,36+/m0/s1. The number of aliphatic hydroxyl groups is 1. The van der Waals surface area contributed by atoms with E-state index in [9.17, 15) is 5.11 Å². The number of rotatable bonds is 12. The summed E-state index contributed by atoms with van der Waals surface area (Å²) in [7, 11) is -4.50. The molecule has 1 heterocycles. The van der Waals surface area contributed by atoms with Crippen molar-refractivity contribution < 1.29 is 18.7 Å². The van der Waals surface area contributed by atoms with E-state index >= 15 is 0 Å². The molecule has 0 saturated carbocycles. The normalized spacial score (nSPS) is 22.7. The van der Waals surface area contributed by atoms with Crippen molar-refractivity contribution >= 4 is 27.0 Å². The third-order valence-corrected chi connectivity index (χ3v) is 19.6. The van der Waals surface area contributed by atoms with E-state index in [1.54, 1.807) is 0 Å². The van der Waals surface area contributed by atoms with Crippen molar-refractivity contribution in [2.24, 2.45) is 5.92 Å². The number of ether oxygens (including phenoxy) is 1. The van der Waals surface area contributed by atoms with Gasteiger partial charge in [0.2, 0.25) is 0 Å². The molecular formula is C38H60O4Si2. The van der Waals surface area contributed by atoms with E-state index in [1.165, 1.54) is 21.5 Å². The van der Waals surface area contributed by atoms with Gasteiger partial charge in [0, 0.05) is 0 Å². The van der Waals surface area contributed by atoms with Gasteiger partial charge in [-0.05, 0) is 72.6 Å². The van der Waals surface area contributed by atoms with Gasteiger partial charge in [0.1, 0.15) is 6.10 Å². The first-order chi connectivity index (χ1) is 20.5. The maximum absolute atomic E-state index is 10.2. The summed E-state index contributed by atoms with van der Waals surface area (Å²) in [5.74, 6) is 0.387. The number of hydrogen-bond donors (Lipinski definition) is 1. The maximum Gasteiger partial charge on any atom is 0.261 e. The molecule has 0 aliphatic carbocycles. The summed E-state index contributed by atoms with van der Waals surface area (Å²) in [4.78, 5) is 0. The van der Waals surface area contributed by atoms with Gasteiger partial charge in [-0.3, -0.25) is 0 Å². The van der Waals surface area contributed by atoms with Crippen molar-refractivity contribution in [1.82, 2.24) is 0 Å². The van der Waals surface area contributed by atoms with Crippen LogP contribution >= 0.6 is 0 Å². The van der Waals surface area contributed by atoms with E-state index in [0.29, 0.717) is 12.5 Å². The molecule has 1 saturated heterocycles. The highest BCUT2D eigenvalue weighted by atomic mass is 28.4. The SMILES string of the molecule is CC(=C\CC[C@@H]1O[C@H](CO)[C@@H](O[Si](C)(C)C(C)(C)C)C[C@@H]1C)/C(C)=C/CO[Si](c1ccccc1)(c1ccccc1)C(C)(C)C. The van der Waals surface area contributed by atoms with Crippen LogP contribution < -0.4 is 10.4 Å². The summed E-state index contributed by atoms with van der Waals surface area (Å²) in [5.41, 5.74) is 2.52. The van der Waals surface area contributed by atoms with Crippen LogP contribution in [0.4, 0.5) is 0 Å². The van der Waals surface area contributed by atoms with Crippen LogP contribution in [-0.4, -0.2) is 53.3 Å². The number of benzene rings is 2. The molecule has 0 bridgehead atoms. The van der Waals surface area contributed by atoms with Gasteiger partial charge < -0.3 is 18.7 Å². The molecule has 0 amide bonds. The number of aliphatic hydroxyl groups excluding tert-OH is 1. The third-order valence-electron chi connectivity index (χ3n) is 10.1. The third kappa shape index (κ3) is 8.71. The molecule has 1 fully saturated rings. The van der Waals surface area contributed by atoms with Crippen molar-refractivity contribution in [3.8, 4) is 0 Å². The lowest BCUT2D eigenvalue weighted by Gasteiger charge is -2.46. The number of allylic oxidation sites excluding steroid dienone is 3. The first-order valence-electron chi connectivity index (χ1n) is 16.6. The molecule has 0 unspecified atom stereocenters. The molecule has 4 atom stereocenters. The van der Waals surface area contributed by atoms with Gasteiger partial charge in [0.25, 0.3) is 8.32 Å². The highest BCUT2D eigenvalue weighted by Crippen LogP contribution is 2.40. The Morgan fingerprint density at radius 3 is 1.84 bits per heavy atom. The Balaban J connectivity index is 1.67. The lowest BCUT2D eigenvalue weighted by Crippen LogP contribution is -2.66. The molecule has 1 N–H and O–H groups in total. The molecule has 3 rings (SSSR count). The zero-order valence-electron chi connectivity index (χ0n) is 29.4. The Hall–Kier alpha value is -1.81. The minimum atomic E-state index is -2.56. The monoisotopic (exact) mass is 636 g/mol. The van der Waals surface area contributed by atoms with Gasteiger partial charge in [-0.1, -0.05) is 132 Å². The molecule has 44 heavy (non-hydrogen) atoms. The zero-order valence-corrected chi connectivity index (χ0v) is 31.4. The molecule has 0 radical (unpaired) electrons. The topological polar surface area (TPSA) is 47.9 Å². The second kappa shape index (κ2) is 15.2. The predicted octanol–water partition coefficient (Wildman–Crippen LogP) is 8.41.